The van der Waals surface area contributed by atoms with Crippen LogP contribution in [0, 0.1) is 0 Å². The van der Waals surface area contributed by atoms with Crippen molar-refractivity contribution in [3.63, 3.8) is 0 Å². The minimum Gasteiger partial charge on any atom is -0.497 e. The van der Waals surface area contributed by atoms with Gasteiger partial charge >= 0.3 is 0 Å². The van der Waals surface area contributed by atoms with Crippen LogP contribution >= 0.6 is 0 Å². The smallest absolute Gasteiger partial charge is 0.225 e. The molecule has 6 nitrogen and oxygen atoms in total. The van der Waals surface area contributed by atoms with Crippen molar-refractivity contribution in [2.45, 2.75) is 38.5 Å². The van der Waals surface area contributed by atoms with Gasteiger partial charge in [0.25, 0.3) is 0 Å². The lowest BCUT2D eigenvalue weighted by molar-refractivity contribution is 0.412. The molecule has 29 heavy (non-hydrogen) atoms. The number of pyridine rings is 1. The van der Waals surface area contributed by atoms with Crippen LogP contribution in [0.15, 0.2) is 86.6 Å². The summed E-state index contributed by atoms with van der Waals surface area (Å²) in [6.07, 6.45) is 3.56. The fraction of sp³-hybridized carbons (Fsp3) is 0.190. The molecule has 3 aromatic rings. The van der Waals surface area contributed by atoms with Gasteiger partial charge < -0.3 is 4.74 Å². The largest absolute Gasteiger partial charge is 0.497 e. The molecule has 1 saturated carbocycles. The van der Waals surface area contributed by atoms with Gasteiger partial charge in [-0.2, -0.15) is 0 Å². The van der Waals surface area contributed by atoms with E-state index in [1.165, 1.54) is 55.8 Å². The second-order valence-corrected chi connectivity index (χ2v) is 10.6. The molecule has 1 aliphatic carbocycles. The zero-order valence-electron chi connectivity index (χ0n) is 15.6. The number of rotatable bonds is 6. The number of sulfone groups is 2. The van der Waals surface area contributed by atoms with Gasteiger partial charge in [-0.25, -0.2) is 21.8 Å². The molecule has 1 aliphatic rings. The number of hydrogen-bond acceptors (Lipinski definition) is 6. The first kappa shape index (κ1) is 19.6. The minimum atomic E-state index is -4.18. The molecule has 0 N–H and O–H groups in total. The lowest BCUT2D eigenvalue weighted by atomic mass is 10.1. The van der Waals surface area contributed by atoms with Crippen LogP contribution in [-0.4, -0.2) is 28.9 Å². The summed E-state index contributed by atoms with van der Waals surface area (Å²) in [6.45, 7) is 0. The van der Waals surface area contributed by atoms with Crippen LogP contribution in [0.4, 0.5) is 0 Å². The number of methoxy groups -OCH3 is 1. The summed E-state index contributed by atoms with van der Waals surface area (Å²) in [4.78, 5) is 3.28. The standard InChI is InChI=1S/C21H19NO5S2/c1-27-17-9-12-19(20(14-17)29(25,26)21-4-2-3-13-22-21)28(23,24)18-10-7-16(8-11-18)15-5-6-15/h2-4,7-15H,5-6H2,1H3. The molecule has 0 radical (unpaired) electrons. The van der Waals surface area contributed by atoms with Gasteiger partial charge in [0.1, 0.15) is 5.75 Å². The SMILES string of the molecule is COc1ccc(S(=O)(=O)c2ccc(C3CC3)cc2)c(S(=O)(=O)c2ccccn2)c1. The molecule has 0 unspecified atom stereocenters. The van der Waals surface area contributed by atoms with Gasteiger partial charge in [-0.05, 0) is 60.7 Å². The van der Waals surface area contributed by atoms with Gasteiger partial charge in [0, 0.05) is 12.3 Å². The Bertz CT molecular complexity index is 1250. The van der Waals surface area contributed by atoms with Gasteiger partial charge in [0.05, 0.1) is 21.8 Å². The van der Waals surface area contributed by atoms with Gasteiger partial charge in [-0.1, -0.05) is 18.2 Å². The highest BCUT2D eigenvalue weighted by molar-refractivity contribution is 7.94. The van der Waals surface area contributed by atoms with Gasteiger partial charge in [-0.15, -0.1) is 0 Å². The maximum absolute atomic E-state index is 13.3. The molecule has 0 amide bonds. The Labute approximate surface area is 170 Å². The van der Waals surface area contributed by atoms with Crippen molar-refractivity contribution in [3.8, 4) is 5.75 Å². The maximum atomic E-state index is 13.3. The Morgan fingerprint density at radius 1 is 0.862 bits per heavy atom. The average molecular weight is 430 g/mol. The quantitative estimate of drug-likeness (QED) is 0.594. The molecule has 1 aromatic heterocycles. The highest BCUT2D eigenvalue weighted by Crippen LogP contribution is 2.40. The zero-order valence-corrected chi connectivity index (χ0v) is 17.3. The van der Waals surface area contributed by atoms with E-state index in [0.29, 0.717) is 5.92 Å². The van der Waals surface area contributed by atoms with E-state index in [1.54, 1.807) is 18.2 Å². The first-order valence-corrected chi connectivity index (χ1v) is 12.0. The van der Waals surface area contributed by atoms with E-state index < -0.39 is 19.7 Å². The van der Waals surface area contributed by atoms with Crippen LogP contribution in [0.5, 0.6) is 5.75 Å². The normalized spacial score (nSPS) is 14.5. The van der Waals surface area contributed by atoms with Crippen LogP contribution in [0.1, 0.15) is 24.3 Å². The molecule has 2 aromatic carbocycles. The van der Waals surface area contributed by atoms with E-state index >= 15 is 0 Å². The molecule has 1 heterocycles. The summed E-state index contributed by atoms with van der Waals surface area (Å²) in [5.41, 5.74) is 1.10. The number of hydrogen-bond donors (Lipinski definition) is 0. The molecular weight excluding hydrogens is 410 g/mol. The van der Waals surface area contributed by atoms with Crippen LogP contribution in [0.25, 0.3) is 0 Å². The van der Waals surface area contributed by atoms with Crippen molar-refractivity contribution in [3.05, 3.63) is 72.4 Å². The summed E-state index contributed by atoms with van der Waals surface area (Å²) in [7, 11) is -6.86. The van der Waals surface area contributed by atoms with Crippen molar-refractivity contribution in [1.29, 1.82) is 0 Å². The van der Waals surface area contributed by atoms with E-state index in [-0.39, 0.29) is 25.5 Å². The van der Waals surface area contributed by atoms with Crippen molar-refractivity contribution in [2.75, 3.05) is 7.11 Å². The van der Waals surface area contributed by atoms with E-state index in [2.05, 4.69) is 4.98 Å². The summed E-state index contributed by atoms with van der Waals surface area (Å²) < 4.78 is 58.1. The molecule has 8 heteroatoms. The Kier molecular flexibility index (Phi) is 4.92. The number of benzene rings is 2. The molecule has 0 aliphatic heterocycles. The third kappa shape index (κ3) is 3.65. The highest BCUT2D eigenvalue weighted by Gasteiger charge is 2.31. The molecule has 150 valence electrons. The first-order chi connectivity index (χ1) is 13.8. The Morgan fingerprint density at radius 2 is 1.59 bits per heavy atom. The topological polar surface area (TPSA) is 90.4 Å². The molecular formula is C21H19NO5S2. The molecule has 0 saturated heterocycles. The van der Waals surface area contributed by atoms with Gasteiger partial charge in [0.15, 0.2) is 5.03 Å². The Morgan fingerprint density at radius 3 is 2.17 bits per heavy atom. The van der Waals surface area contributed by atoms with Crippen molar-refractivity contribution >= 4 is 19.7 Å². The predicted octanol–water partition coefficient (Wildman–Crippen LogP) is 3.63. The Balaban J connectivity index is 1.87. The van der Waals surface area contributed by atoms with E-state index in [0.717, 1.165) is 18.4 Å². The van der Waals surface area contributed by atoms with E-state index in [1.807, 2.05) is 0 Å². The average Bonchev–Trinajstić information content (AvgIpc) is 3.59. The molecule has 4 rings (SSSR count). The fourth-order valence-corrected chi connectivity index (χ4v) is 6.39. The number of ether oxygens (including phenoxy) is 1. The van der Waals surface area contributed by atoms with Gasteiger partial charge in [-0.3, -0.25) is 0 Å². The summed E-state index contributed by atoms with van der Waals surface area (Å²) in [6, 6.07) is 15.0. The monoisotopic (exact) mass is 429 g/mol. The lowest BCUT2D eigenvalue weighted by Crippen LogP contribution is -2.12. The summed E-state index contributed by atoms with van der Waals surface area (Å²) in [5, 5.41) is -0.228. The summed E-state index contributed by atoms with van der Waals surface area (Å²) >= 11 is 0. The molecule has 0 spiro atoms. The third-order valence-electron chi connectivity index (χ3n) is 4.88. The number of nitrogens with zero attached hydrogens (tertiary/aromatic N) is 1. The Hall–Kier alpha value is -2.71. The highest BCUT2D eigenvalue weighted by atomic mass is 32.2. The molecule has 0 bridgehead atoms. The summed E-state index contributed by atoms with van der Waals surface area (Å²) in [5.74, 6) is 0.732. The van der Waals surface area contributed by atoms with Crippen molar-refractivity contribution in [2.24, 2.45) is 0 Å². The molecule has 0 atom stereocenters. The van der Waals surface area contributed by atoms with E-state index in [4.69, 9.17) is 4.74 Å². The fourth-order valence-electron chi connectivity index (χ4n) is 3.13. The number of aromatic nitrogens is 1. The van der Waals surface area contributed by atoms with Crippen molar-refractivity contribution < 1.29 is 21.6 Å². The lowest BCUT2D eigenvalue weighted by Gasteiger charge is -2.13. The van der Waals surface area contributed by atoms with Gasteiger partial charge in [0.2, 0.25) is 19.7 Å². The van der Waals surface area contributed by atoms with Crippen molar-refractivity contribution in [1.82, 2.24) is 4.98 Å². The second-order valence-electron chi connectivity index (χ2n) is 6.83. The van der Waals surface area contributed by atoms with Crippen LogP contribution in [0.3, 0.4) is 0 Å². The predicted molar refractivity (Wildman–Crippen MR) is 107 cm³/mol. The van der Waals surface area contributed by atoms with Crippen LogP contribution < -0.4 is 4.74 Å². The maximum Gasteiger partial charge on any atom is 0.225 e. The van der Waals surface area contributed by atoms with E-state index in [9.17, 15) is 16.8 Å². The first-order valence-electron chi connectivity index (χ1n) is 9.03. The van der Waals surface area contributed by atoms with Crippen LogP contribution in [-0.2, 0) is 19.7 Å². The minimum absolute atomic E-state index is 0.0459. The molecule has 1 fully saturated rings. The zero-order chi connectivity index (χ0) is 20.6. The second kappa shape index (κ2) is 7.27. The third-order valence-corrected chi connectivity index (χ3v) is 8.55. The van der Waals surface area contributed by atoms with Crippen LogP contribution in [0.2, 0.25) is 0 Å².